The lowest BCUT2D eigenvalue weighted by Crippen LogP contribution is -2.13. The van der Waals surface area contributed by atoms with E-state index in [1.807, 2.05) is 62.4 Å². The van der Waals surface area contributed by atoms with E-state index in [2.05, 4.69) is 0 Å². The molecule has 0 radical (unpaired) electrons. The van der Waals surface area contributed by atoms with Crippen LogP contribution in [0.3, 0.4) is 0 Å². The van der Waals surface area contributed by atoms with E-state index in [-0.39, 0.29) is 24.3 Å². The fourth-order valence-electron chi connectivity index (χ4n) is 3.30. The minimum Gasteiger partial charge on any atom is -0.488 e. The predicted octanol–water partition coefficient (Wildman–Crippen LogP) is 6.49. The molecule has 0 unspecified atom stereocenters. The van der Waals surface area contributed by atoms with Crippen molar-refractivity contribution >= 4 is 0 Å². The zero-order chi connectivity index (χ0) is 19.4. The minimum atomic E-state index is -4.48. The standard InChI is InChI=1S/C23H21F3O/c1-16-11-17(2)13-19(12-16)15-27-21-10-6-9-20(22(21)23(24,25)26)14-18-7-4-3-5-8-18/h3-13H,14-15H2,1-2H3. The molecule has 0 aliphatic carbocycles. The van der Waals surface area contributed by atoms with Crippen LogP contribution in [0, 0.1) is 13.8 Å². The van der Waals surface area contributed by atoms with Gasteiger partial charge in [0.15, 0.2) is 0 Å². The summed E-state index contributed by atoms with van der Waals surface area (Å²) in [5, 5.41) is 0. The summed E-state index contributed by atoms with van der Waals surface area (Å²) in [7, 11) is 0. The highest BCUT2D eigenvalue weighted by Crippen LogP contribution is 2.39. The second-order valence-corrected chi connectivity index (χ2v) is 6.74. The van der Waals surface area contributed by atoms with Crippen LogP contribution in [0.5, 0.6) is 5.75 Å². The maximum absolute atomic E-state index is 13.8. The Morgan fingerprint density at radius 2 is 1.44 bits per heavy atom. The summed E-state index contributed by atoms with van der Waals surface area (Å²) in [5.74, 6) is -0.130. The van der Waals surface area contributed by atoms with Gasteiger partial charge >= 0.3 is 6.18 Å². The number of halogens is 3. The van der Waals surface area contributed by atoms with Gasteiger partial charge in [0.2, 0.25) is 0 Å². The summed E-state index contributed by atoms with van der Waals surface area (Å²) in [6.07, 6.45) is -4.28. The van der Waals surface area contributed by atoms with Crippen molar-refractivity contribution in [2.24, 2.45) is 0 Å². The summed E-state index contributed by atoms with van der Waals surface area (Å²) in [4.78, 5) is 0. The fraction of sp³-hybridized carbons (Fsp3) is 0.217. The molecule has 0 bridgehead atoms. The molecule has 0 aliphatic heterocycles. The average molecular weight is 370 g/mol. The third-order valence-corrected chi connectivity index (χ3v) is 4.31. The van der Waals surface area contributed by atoms with Gasteiger partial charge in [-0.05, 0) is 43.0 Å². The topological polar surface area (TPSA) is 9.23 Å². The molecular formula is C23H21F3O. The smallest absolute Gasteiger partial charge is 0.420 e. The van der Waals surface area contributed by atoms with Gasteiger partial charge < -0.3 is 4.74 Å². The van der Waals surface area contributed by atoms with Crippen molar-refractivity contribution in [2.75, 3.05) is 0 Å². The second-order valence-electron chi connectivity index (χ2n) is 6.74. The molecule has 0 heterocycles. The quantitative estimate of drug-likeness (QED) is 0.499. The van der Waals surface area contributed by atoms with E-state index in [4.69, 9.17) is 4.74 Å². The Kier molecular flexibility index (Phi) is 5.54. The van der Waals surface area contributed by atoms with Gasteiger partial charge in [-0.15, -0.1) is 0 Å². The molecule has 0 N–H and O–H groups in total. The van der Waals surface area contributed by atoms with E-state index in [1.165, 1.54) is 12.1 Å². The molecule has 0 atom stereocenters. The molecule has 0 fully saturated rings. The minimum absolute atomic E-state index is 0.0976. The van der Waals surface area contributed by atoms with Gasteiger partial charge in [-0.1, -0.05) is 71.8 Å². The van der Waals surface area contributed by atoms with Crippen molar-refractivity contribution in [3.05, 3.63) is 100 Å². The van der Waals surface area contributed by atoms with Gasteiger partial charge in [-0.3, -0.25) is 0 Å². The molecule has 3 aromatic carbocycles. The lowest BCUT2D eigenvalue weighted by atomic mass is 9.98. The molecule has 1 nitrogen and oxygen atoms in total. The molecule has 0 spiro atoms. The van der Waals surface area contributed by atoms with Gasteiger partial charge in [0.1, 0.15) is 17.9 Å². The van der Waals surface area contributed by atoms with Crippen LogP contribution in [-0.4, -0.2) is 0 Å². The molecule has 0 saturated carbocycles. The molecular weight excluding hydrogens is 349 g/mol. The number of alkyl halides is 3. The van der Waals surface area contributed by atoms with E-state index in [0.717, 1.165) is 22.3 Å². The molecule has 140 valence electrons. The Hall–Kier alpha value is -2.75. The van der Waals surface area contributed by atoms with E-state index >= 15 is 0 Å². The summed E-state index contributed by atoms with van der Waals surface area (Å²) in [6.45, 7) is 4.01. The van der Waals surface area contributed by atoms with Crippen LogP contribution in [0.1, 0.15) is 33.4 Å². The van der Waals surface area contributed by atoms with Crippen LogP contribution in [0.25, 0.3) is 0 Å². The normalized spacial score (nSPS) is 11.4. The Labute approximate surface area is 157 Å². The SMILES string of the molecule is Cc1cc(C)cc(COc2cccc(Cc3ccccc3)c2C(F)(F)F)c1. The van der Waals surface area contributed by atoms with Crippen LogP contribution in [0.2, 0.25) is 0 Å². The highest BCUT2D eigenvalue weighted by Gasteiger charge is 2.37. The third-order valence-electron chi connectivity index (χ3n) is 4.31. The van der Waals surface area contributed by atoms with E-state index in [9.17, 15) is 13.2 Å². The Balaban J connectivity index is 1.91. The Morgan fingerprint density at radius 3 is 2.07 bits per heavy atom. The molecule has 3 aromatic rings. The molecule has 0 aromatic heterocycles. The Bertz CT molecular complexity index is 894. The first-order valence-electron chi connectivity index (χ1n) is 8.76. The third kappa shape index (κ3) is 4.91. The van der Waals surface area contributed by atoms with Crippen molar-refractivity contribution < 1.29 is 17.9 Å². The van der Waals surface area contributed by atoms with E-state index in [1.54, 1.807) is 6.07 Å². The zero-order valence-electron chi connectivity index (χ0n) is 15.3. The molecule has 27 heavy (non-hydrogen) atoms. The largest absolute Gasteiger partial charge is 0.488 e. The Morgan fingerprint density at radius 1 is 0.778 bits per heavy atom. The molecule has 0 amide bonds. The van der Waals surface area contributed by atoms with Gasteiger partial charge in [0.05, 0.1) is 0 Å². The van der Waals surface area contributed by atoms with Crippen LogP contribution < -0.4 is 4.74 Å². The lowest BCUT2D eigenvalue weighted by molar-refractivity contribution is -0.139. The first-order chi connectivity index (χ1) is 12.8. The van der Waals surface area contributed by atoms with Crippen LogP contribution >= 0.6 is 0 Å². The van der Waals surface area contributed by atoms with Gasteiger partial charge in [-0.25, -0.2) is 0 Å². The molecule has 3 rings (SSSR count). The second kappa shape index (κ2) is 7.87. The number of ether oxygens (including phenoxy) is 1. The zero-order valence-corrected chi connectivity index (χ0v) is 15.3. The first kappa shape index (κ1) is 19.0. The summed E-state index contributed by atoms with van der Waals surface area (Å²) < 4.78 is 47.0. The van der Waals surface area contributed by atoms with Crippen LogP contribution in [0.15, 0.2) is 66.7 Å². The highest BCUT2D eigenvalue weighted by atomic mass is 19.4. The predicted molar refractivity (Wildman–Crippen MR) is 101 cm³/mol. The van der Waals surface area contributed by atoms with Crippen molar-refractivity contribution in [3.63, 3.8) is 0 Å². The summed E-state index contributed by atoms with van der Waals surface area (Å²) >= 11 is 0. The summed E-state index contributed by atoms with van der Waals surface area (Å²) in [5.41, 5.74) is 3.32. The van der Waals surface area contributed by atoms with Gasteiger partial charge in [0.25, 0.3) is 0 Å². The maximum Gasteiger partial charge on any atom is 0.420 e. The number of aryl methyl sites for hydroxylation is 2. The monoisotopic (exact) mass is 370 g/mol. The van der Waals surface area contributed by atoms with Crippen molar-refractivity contribution in [2.45, 2.75) is 33.1 Å². The van der Waals surface area contributed by atoms with Crippen LogP contribution in [-0.2, 0) is 19.2 Å². The van der Waals surface area contributed by atoms with Gasteiger partial charge in [-0.2, -0.15) is 13.2 Å². The highest BCUT2D eigenvalue weighted by molar-refractivity contribution is 5.45. The maximum atomic E-state index is 13.8. The molecule has 4 heteroatoms. The molecule has 0 aliphatic rings. The van der Waals surface area contributed by atoms with Crippen molar-refractivity contribution in [1.29, 1.82) is 0 Å². The number of hydrogen-bond donors (Lipinski definition) is 0. The van der Waals surface area contributed by atoms with Gasteiger partial charge in [0, 0.05) is 0 Å². The van der Waals surface area contributed by atoms with Crippen molar-refractivity contribution in [1.82, 2.24) is 0 Å². The lowest BCUT2D eigenvalue weighted by Gasteiger charge is -2.18. The summed E-state index contributed by atoms with van der Waals surface area (Å²) in [6, 6.07) is 19.5. The van der Waals surface area contributed by atoms with Crippen molar-refractivity contribution in [3.8, 4) is 5.75 Å². The van der Waals surface area contributed by atoms with E-state index in [0.29, 0.717) is 0 Å². The number of hydrogen-bond acceptors (Lipinski definition) is 1. The van der Waals surface area contributed by atoms with Crippen LogP contribution in [0.4, 0.5) is 13.2 Å². The van der Waals surface area contributed by atoms with E-state index < -0.39 is 11.7 Å². The first-order valence-corrected chi connectivity index (χ1v) is 8.76. The number of rotatable bonds is 5. The average Bonchev–Trinajstić information content (AvgIpc) is 2.59. The number of benzene rings is 3. The molecule has 0 saturated heterocycles. The fourth-order valence-corrected chi connectivity index (χ4v) is 3.30.